The summed E-state index contributed by atoms with van der Waals surface area (Å²) in [5.74, 6) is 0.00974. The molecule has 1 N–H and O–H groups in total. The Labute approximate surface area is 124 Å². The van der Waals surface area contributed by atoms with Crippen LogP contribution < -0.4 is 5.32 Å². The van der Waals surface area contributed by atoms with Gasteiger partial charge in [-0.05, 0) is 46.5 Å². The van der Waals surface area contributed by atoms with Crippen LogP contribution in [0, 0.1) is 11.7 Å². The molecular weight excluding hydrogens is 365 g/mol. The molecule has 0 fully saturated rings. The fraction of sp³-hybridized carbons (Fsp3) is 0.462. The van der Waals surface area contributed by atoms with Crippen LogP contribution in [0.15, 0.2) is 22.7 Å². The normalized spacial score (nSPS) is 12.6. The minimum Gasteiger partial charge on any atom is -0.351 e. The number of hydrogen-bond acceptors (Lipinski definition) is 1. The first kappa shape index (κ1) is 15.6. The quantitative estimate of drug-likeness (QED) is 0.764. The highest BCUT2D eigenvalue weighted by Crippen LogP contribution is 2.18. The molecule has 1 unspecified atom stereocenters. The lowest BCUT2D eigenvalue weighted by Crippen LogP contribution is -2.30. The van der Waals surface area contributed by atoms with Crippen LogP contribution >= 0.6 is 31.9 Å². The van der Waals surface area contributed by atoms with E-state index < -0.39 is 0 Å². The molecule has 2 nitrogen and oxygen atoms in total. The van der Waals surface area contributed by atoms with E-state index in [1.54, 1.807) is 0 Å². The molecule has 0 bridgehead atoms. The first-order valence-corrected chi connectivity index (χ1v) is 7.48. The van der Waals surface area contributed by atoms with Crippen LogP contribution in [0.2, 0.25) is 0 Å². The number of benzene rings is 1. The fourth-order valence-corrected chi connectivity index (χ4v) is 3.01. The largest absolute Gasteiger partial charge is 0.351 e. The number of hydrogen-bond donors (Lipinski definition) is 1. The molecule has 0 aliphatic heterocycles. The minimum atomic E-state index is -0.364. The molecule has 1 aromatic carbocycles. The van der Waals surface area contributed by atoms with Crippen LogP contribution in [-0.4, -0.2) is 17.3 Å². The van der Waals surface area contributed by atoms with Gasteiger partial charge in [-0.2, -0.15) is 0 Å². The number of amides is 1. The molecule has 0 radical (unpaired) electrons. The number of carbonyl (C=O) groups excluding carboxylic acids is 1. The highest BCUT2D eigenvalue weighted by Gasteiger charge is 2.13. The monoisotopic (exact) mass is 379 g/mol. The lowest BCUT2D eigenvalue weighted by atomic mass is 10.1. The molecule has 0 aliphatic rings. The molecule has 5 heteroatoms. The number of nitrogens with one attached hydrogen (secondary N) is 1. The maximum absolute atomic E-state index is 12.9. The second kappa shape index (κ2) is 7.24. The van der Waals surface area contributed by atoms with Gasteiger partial charge in [0.05, 0.1) is 5.56 Å². The summed E-state index contributed by atoms with van der Waals surface area (Å²) in [6, 6.07) is 4.04. The van der Waals surface area contributed by atoms with E-state index in [2.05, 4.69) is 51.0 Å². The molecule has 0 spiro atoms. The standard InChI is InChI=1S/C13H16Br2FNO/c1-8(2)5-9(14)7-17-13(18)11-4-3-10(16)6-12(11)15/h3-4,6,8-9H,5,7H2,1-2H3,(H,17,18). The smallest absolute Gasteiger partial charge is 0.252 e. The Morgan fingerprint density at radius 1 is 1.44 bits per heavy atom. The molecule has 100 valence electrons. The van der Waals surface area contributed by atoms with Gasteiger partial charge in [-0.3, -0.25) is 4.79 Å². The summed E-state index contributed by atoms with van der Waals surface area (Å²) in [5, 5.41) is 2.83. The third-order valence-electron chi connectivity index (χ3n) is 2.39. The summed E-state index contributed by atoms with van der Waals surface area (Å²) >= 11 is 6.71. The second-order valence-electron chi connectivity index (χ2n) is 4.56. The van der Waals surface area contributed by atoms with Gasteiger partial charge in [0.25, 0.3) is 5.91 Å². The van der Waals surface area contributed by atoms with Crippen molar-refractivity contribution in [3.8, 4) is 0 Å². The van der Waals surface area contributed by atoms with Gasteiger partial charge in [0.15, 0.2) is 0 Å². The highest BCUT2D eigenvalue weighted by atomic mass is 79.9. The van der Waals surface area contributed by atoms with Crippen molar-refractivity contribution in [2.24, 2.45) is 5.92 Å². The lowest BCUT2D eigenvalue weighted by Gasteiger charge is -2.13. The van der Waals surface area contributed by atoms with Gasteiger partial charge >= 0.3 is 0 Å². The molecule has 18 heavy (non-hydrogen) atoms. The zero-order chi connectivity index (χ0) is 13.7. The molecular formula is C13H16Br2FNO. The van der Waals surface area contributed by atoms with Crippen molar-refractivity contribution in [3.05, 3.63) is 34.1 Å². The summed E-state index contributed by atoms with van der Waals surface area (Å²) in [7, 11) is 0. The van der Waals surface area contributed by atoms with E-state index in [4.69, 9.17) is 0 Å². The molecule has 1 amide bonds. The third-order valence-corrected chi connectivity index (χ3v) is 3.74. The van der Waals surface area contributed by atoms with Crippen molar-refractivity contribution in [1.82, 2.24) is 5.32 Å². The first-order chi connectivity index (χ1) is 8.40. The number of carbonyl (C=O) groups is 1. The predicted molar refractivity (Wildman–Crippen MR) is 78.6 cm³/mol. The van der Waals surface area contributed by atoms with E-state index in [1.807, 2.05) is 0 Å². The molecule has 0 aliphatic carbocycles. The second-order valence-corrected chi connectivity index (χ2v) is 6.71. The van der Waals surface area contributed by atoms with Crippen LogP contribution in [-0.2, 0) is 0 Å². The van der Waals surface area contributed by atoms with Crippen molar-refractivity contribution in [2.45, 2.75) is 25.1 Å². The molecule has 0 heterocycles. The molecule has 0 saturated heterocycles. The molecule has 1 aromatic rings. The van der Waals surface area contributed by atoms with E-state index in [-0.39, 0.29) is 16.6 Å². The van der Waals surface area contributed by atoms with E-state index >= 15 is 0 Å². The highest BCUT2D eigenvalue weighted by molar-refractivity contribution is 9.10. The summed E-state index contributed by atoms with van der Waals surface area (Å²) in [4.78, 5) is 12.1. The summed E-state index contributed by atoms with van der Waals surface area (Å²) < 4.78 is 13.4. The van der Waals surface area contributed by atoms with E-state index in [1.165, 1.54) is 18.2 Å². The topological polar surface area (TPSA) is 29.1 Å². The van der Waals surface area contributed by atoms with Gasteiger partial charge in [0.1, 0.15) is 5.82 Å². The Bertz CT molecular complexity index is 423. The van der Waals surface area contributed by atoms with Gasteiger partial charge in [0, 0.05) is 15.8 Å². The first-order valence-electron chi connectivity index (χ1n) is 5.77. The SMILES string of the molecule is CC(C)CC(Br)CNC(=O)c1ccc(F)cc1Br. The summed E-state index contributed by atoms with van der Waals surface area (Å²) in [6.07, 6.45) is 0.991. The fourth-order valence-electron chi connectivity index (χ4n) is 1.57. The number of alkyl halides is 1. The summed E-state index contributed by atoms with van der Waals surface area (Å²) in [5.41, 5.74) is 0.445. The Hall–Kier alpha value is -0.420. The molecule has 0 saturated carbocycles. The van der Waals surface area contributed by atoms with Gasteiger partial charge in [0.2, 0.25) is 0 Å². The van der Waals surface area contributed by atoms with Crippen molar-refractivity contribution in [3.63, 3.8) is 0 Å². The Morgan fingerprint density at radius 3 is 2.67 bits per heavy atom. The van der Waals surface area contributed by atoms with Crippen LogP contribution in [0.5, 0.6) is 0 Å². The zero-order valence-electron chi connectivity index (χ0n) is 10.3. The zero-order valence-corrected chi connectivity index (χ0v) is 13.5. The van der Waals surface area contributed by atoms with Gasteiger partial charge in [-0.15, -0.1) is 0 Å². The third kappa shape index (κ3) is 5.06. The van der Waals surface area contributed by atoms with Crippen molar-refractivity contribution in [1.29, 1.82) is 0 Å². The predicted octanol–water partition coefficient (Wildman–Crippen LogP) is 4.13. The van der Waals surface area contributed by atoms with Crippen LogP contribution in [0.4, 0.5) is 4.39 Å². The van der Waals surface area contributed by atoms with Crippen LogP contribution in [0.3, 0.4) is 0 Å². The van der Waals surface area contributed by atoms with Gasteiger partial charge in [-0.1, -0.05) is 29.8 Å². The van der Waals surface area contributed by atoms with E-state index in [0.717, 1.165) is 6.42 Å². The van der Waals surface area contributed by atoms with Crippen molar-refractivity contribution in [2.75, 3.05) is 6.54 Å². The lowest BCUT2D eigenvalue weighted by molar-refractivity contribution is 0.0952. The van der Waals surface area contributed by atoms with Gasteiger partial charge in [-0.25, -0.2) is 4.39 Å². The van der Waals surface area contributed by atoms with Crippen LogP contribution in [0.1, 0.15) is 30.6 Å². The number of rotatable bonds is 5. The van der Waals surface area contributed by atoms with Crippen molar-refractivity contribution < 1.29 is 9.18 Å². The number of halogens is 3. The van der Waals surface area contributed by atoms with Gasteiger partial charge < -0.3 is 5.32 Å². The van der Waals surface area contributed by atoms with E-state index in [9.17, 15) is 9.18 Å². The minimum absolute atomic E-state index is 0.199. The van der Waals surface area contributed by atoms with E-state index in [0.29, 0.717) is 22.5 Å². The summed E-state index contributed by atoms with van der Waals surface area (Å²) in [6.45, 7) is 4.82. The Kier molecular flexibility index (Phi) is 6.29. The average Bonchev–Trinajstić information content (AvgIpc) is 2.25. The maximum Gasteiger partial charge on any atom is 0.252 e. The van der Waals surface area contributed by atoms with Crippen molar-refractivity contribution >= 4 is 37.8 Å². The average molecular weight is 381 g/mol. The Balaban J connectivity index is 2.55. The Morgan fingerprint density at radius 2 is 2.11 bits per heavy atom. The molecule has 1 atom stereocenters. The molecule has 0 aromatic heterocycles. The molecule has 1 rings (SSSR count). The maximum atomic E-state index is 12.9. The van der Waals surface area contributed by atoms with Crippen LogP contribution in [0.25, 0.3) is 0 Å².